The van der Waals surface area contributed by atoms with Gasteiger partial charge in [-0.1, -0.05) is 32.0 Å². The maximum atomic E-state index is 11.8. The van der Waals surface area contributed by atoms with E-state index in [9.17, 15) is 8.42 Å². The lowest BCUT2D eigenvalue weighted by Crippen LogP contribution is -2.36. The first-order valence-corrected chi connectivity index (χ1v) is 6.49. The van der Waals surface area contributed by atoms with Crippen LogP contribution >= 0.6 is 0 Å². The molecule has 1 N–H and O–H groups in total. The van der Waals surface area contributed by atoms with Crippen molar-refractivity contribution >= 4 is 10.0 Å². The quantitative estimate of drug-likeness (QED) is 0.855. The summed E-state index contributed by atoms with van der Waals surface area (Å²) >= 11 is 0. The van der Waals surface area contributed by atoms with Crippen LogP contribution in [0, 0.1) is 5.92 Å². The molecule has 0 heterocycles. The van der Waals surface area contributed by atoms with Crippen molar-refractivity contribution in [2.75, 3.05) is 0 Å². The molecule has 1 atom stereocenters. The number of benzene rings is 1. The van der Waals surface area contributed by atoms with Crippen molar-refractivity contribution in [2.45, 2.75) is 31.7 Å². The summed E-state index contributed by atoms with van der Waals surface area (Å²) in [6.45, 7) is 5.83. The van der Waals surface area contributed by atoms with Crippen LogP contribution in [0.5, 0.6) is 0 Å². The zero-order valence-electron chi connectivity index (χ0n) is 9.27. The average molecular weight is 227 g/mol. The third-order valence-corrected chi connectivity index (χ3v) is 3.97. The van der Waals surface area contributed by atoms with Crippen molar-refractivity contribution in [1.29, 1.82) is 0 Å². The third-order valence-electron chi connectivity index (χ3n) is 2.39. The smallest absolute Gasteiger partial charge is 0.208 e. The zero-order valence-corrected chi connectivity index (χ0v) is 10.1. The lowest BCUT2D eigenvalue weighted by Gasteiger charge is -2.17. The Morgan fingerprint density at radius 1 is 1.07 bits per heavy atom. The number of hydrogen-bond acceptors (Lipinski definition) is 2. The Morgan fingerprint density at radius 3 is 2.07 bits per heavy atom. The molecule has 0 spiro atoms. The molecule has 0 amide bonds. The molecule has 4 heteroatoms. The minimum absolute atomic E-state index is 0.0600. The molecule has 0 unspecified atom stereocenters. The van der Waals surface area contributed by atoms with E-state index in [0.717, 1.165) is 0 Å². The van der Waals surface area contributed by atoms with Crippen molar-refractivity contribution in [1.82, 2.24) is 4.72 Å². The highest BCUT2D eigenvalue weighted by Crippen LogP contribution is 2.10. The second-order valence-corrected chi connectivity index (χ2v) is 5.68. The van der Waals surface area contributed by atoms with Gasteiger partial charge in [0.1, 0.15) is 0 Å². The number of rotatable bonds is 4. The Balaban J connectivity index is 2.86. The van der Waals surface area contributed by atoms with Gasteiger partial charge in [0.15, 0.2) is 0 Å². The summed E-state index contributed by atoms with van der Waals surface area (Å²) in [4.78, 5) is 0.317. The molecule has 1 aromatic rings. The van der Waals surface area contributed by atoms with Gasteiger partial charge in [-0.3, -0.25) is 0 Å². The van der Waals surface area contributed by atoms with Gasteiger partial charge in [-0.05, 0) is 25.0 Å². The van der Waals surface area contributed by atoms with Crippen LogP contribution in [0.1, 0.15) is 20.8 Å². The van der Waals surface area contributed by atoms with E-state index in [2.05, 4.69) is 4.72 Å². The molecule has 0 saturated heterocycles. The van der Waals surface area contributed by atoms with E-state index < -0.39 is 10.0 Å². The van der Waals surface area contributed by atoms with Crippen molar-refractivity contribution in [2.24, 2.45) is 5.92 Å². The molecule has 1 rings (SSSR count). The largest absolute Gasteiger partial charge is 0.240 e. The molecule has 0 bridgehead atoms. The molecule has 0 saturated carbocycles. The minimum Gasteiger partial charge on any atom is -0.208 e. The zero-order chi connectivity index (χ0) is 11.5. The van der Waals surface area contributed by atoms with Crippen LogP contribution in [0.3, 0.4) is 0 Å². The molecule has 0 radical (unpaired) electrons. The van der Waals surface area contributed by atoms with Gasteiger partial charge in [-0.2, -0.15) is 0 Å². The second-order valence-electron chi connectivity index (χ2n) is 3.97. The van der Waals surface area contributed by atoms with Crippen molar-refractivity contribution < 1.29 is 8.42 Å². The Labute approximate surface area is 91.6 Å². The van der Waals surface area contributed by atoms with Crippen LogP contribution in [-0.2, 0) is 10.0 Å². The molecule has 84 valence electrons. The summed E-state index contributed by atoms with van der Waals surface area (Å²) in [6.07, 6.45) is 0. The van der Waals surface area contributed by atoms with Crippen LogP contribution in [0.4, 0.5) is 0 Å². The van der Waals surface area contributed by atoms with Crippen molar-refractivity contribution in [3.63, 3.8) is 0 Å². The molecule has 0 aliphatic rings. The summed E-state index contributed by atoms with van der Waals surface area (Å²) in [6, 6.07) is 8.36. The Kier molecular flexibility index (Phi) is 3.88. The highest BCUT2D eigenvalue weighted by Gasteiger charge is 2.18. The molecular formula is C11H17NO2S. The fraction of sp³-hybridized carbons (Fsp3) is 0.455. The van der Waals surface area contributed by atoms with E-state index in [4.69, 9.17) is 0 Å². The van der Waals surface area contributed by atoms with E-state index in [1.54, 1.807) is 30.3 Å². The second kappa shape index (κ2) is 4.77. The Hall–Kier alpha value is -0.870. The van der Waals surface area contributed by atoms with E-state index in [0.29, 0.717) is 4.90 Å². The summed E-state index contributed by atoms with van der Waals surface area (Å²) in [7, 11) is -3.35. The van der Waals surface area contributed by atoms with Gasteiger partial charge in [0, 0.05) is 6.04 Å². The van der Waals surface area contributed by atoms with Crippen molar-refractivity contribution in [3.8, 4) is 0 Å². The van der Waals surface area contributed by atoms with E-state index in [1.807, 2.05) is 20.8 Å². The average Bonchev–Trinajstić information content (AvgIpc) is 2.18. The maximum absolute atomic E-state index is 11.8. The normalized spacial score (nSPS) is 14.1. The number of sulfonamides is 1. The predicted octanol–water partition coefficient (Wildman–Crippen LogP) is 2.01. The van der Waals surface area contributed by atoms with Gasteiger partial charge in [0.2, 0.25) is 10.0 Å². The van der Waals surface area contributed by atoms with Gasteiger partial charge in [0.05, 0.1) is 4.90 Å². The summed E-state index contributed by atoms with van der Waals surface area (Å²) < 4.78 is 26.3. The van der Waals surface area contributed by atoms with Gasteiger partial charge in [-0.25, -0.2) is 13.1 Å². The van der Waals surface area contributed by atoms with Gasteiger partial charge >= 0.3 is 0 Å². The lowest BCUT2D eigenvalue weighted by atomic mass is 10.1. The number of hydrogen-bond donors (Lipinski definition) is 1. The van der Waals surface area contributed by atoms with Gasteiger partial charge < -0.3 is 0 Å². The van der Waals surface area contributed by atoms with Crippen LogP contribution < -0.4 is 4.72 Å². The fourth-order valence-electron chi connectivity index (χ4n) is 1.05. The predicted molar refractivity (Wildman–Crippen MR) is 61.1 cm³/mol. The van der Waals surface area contributed by atoms with E-state index >= 15 is 0 Å². The lowest BCUT2D eigenvalue weighted by molar-refractivity contribution is 0.476. The summed E-state index contributed by atoms with van der Waals surface area (Å²) in [5, 5.41) is 0. The maximum Gasteiger partial charge on any atom is 0.240 e. The Morgan fingerprint density at radius 2 is 1.60 bits per heavy atom. The third kappa shape index (κ3) is 3.32. The van der Waals surface area contributed by atoms with Crippen LogP contribution in [0.15, 0.2) is 35.2 Å². The standard InChI is InChI=1S/C11H17NO2S/c1-9(2)10(3)12-15(13,14)11-7-5-4-6-8-11/h4-10,12H,1-3H3/t10-/m1/s1. The number of nitrogens with one attached hydrogen (secondary N) is 1. The SMILES string of the molecule is CC(C)[C@@H](C)NS(=O)(=O)c1ccccc1. The van der Waals surface area contributed by atoms with E-state index in [-0.39, 0.29) is 12.0 Å². The van der Waals surface area contributed by atoms with Crippen molar-refractivity contribution in [3.05, 3.63) is 30.3 Å². The highest BCUT2D eigenvalue weighted by atomic mass is 32.2. The van der Waals surface area contributed by atoms with Gasteiger partial charge in [0.25, 0.3) is 0 Å². The first-order valence-electron chi connectivity index (χ1n) is 5.01. The molecule has 0 fully saturated rings. The monoisotopic (exact) mass is 227 g/mol. The van der Waals surface area contributed by atoms with Gasteiger partial charge in [-0.15, -0.1) is 0 Å². The van der Waals surface area contributed by atoms with E-state index in [1.165, 1.54) is 0 Å². The minimum atomic E-state index is -3.35. The molecule has 15 heavy (non-hydrogen) atoms. The van der Waals surface area contributed by atoms with Crippen LogP contribution in [-0.4, -0.2) is 14.5 Å². The first-order chi connectivity index (χ1) is 6.93. The fourth-order valence-corrected chi connectivity index (χ4v) is 2.46. The molecule has 0 aliphatic carbocycles. The highest BCUT2D eigenvalue weighted by molar-refractivity contribution is 7.89. The molecule has 1 aromatic carbocycles. The van der Waals surface area contributed by atoms with Crippen LogP contribution in [0.2, 0.25) is 0 Å². The summed E-state index contributed by atoms with van der Waals surface area (Å²) in [5.74, 6) is 0.281. The van der Waals surface area contributed by atoms with Crippen LogP contribution in [0.25, 0.3) is 0 Å². The molecule has 0 aromatic heterocycles. The Bertz CT molecular complexity index is 398. The molecular weight excluding hydrogens is 210 g/mol. The summed E-state index contributed by atoms with van der Waals surface area (Å²) in [5.41, 5.74) is 0. The first kappa shape index (κ1) is 12.2. The molecule has 3 nitrogen and oxygen atoms in total. The topological polar surface area (TPSA) is 46.2 Å². The molecule has 0 aliphatic heterocycles.